The molecule has 1 aliphatic carbocycles. The van der Waals surface area contributed by atoms with Crippen LogP contribution in [0.15, 0.2) is 46.9 Å². The van der Waals surface area contributed by atoms with Crippen molar-refractivity contribution < 1.29 is 9.53 Å². The Morgan fingerprint density at radius 3 is 2.62 bits per heavy atom. The second-order valence-electron chi connectivity index (χ2n) is 6.85. The van der Waals surface area contributed by atoms with Crippen molar-refractivity contribution in [2.75, 3.05) is 13.7 Å². The van der Waals surface area contributed by atoms with Crippen LogP contribution in [0.4, 0.5) is 0 Å². The third kappa shape index (κ3) is 2.68. The number of benzene rings is 2. The van der Waals surface area contributed by atoms with Gasteiger partial charge in [-0.2, -0.15) is 0 Å². The highest BCUT2D eigenvalue weighted by molar-refractivity contribution is 9.10. The van der Waals surface area contributed by atoms with Gasteiger partial charge >= 0.3 is 0 Å². The number of hydrogen-bond donors (Lipinski definition) is 0. The molecular formula is C20H20BrNO2. The summed E-state index contributed by atoms with van der Waals surface area (Å²) in [6, 6.07) is 14.3. The van der Waals surface area contributed by atoms with Crippen LogP contribution >= 0.6 is 15.9 Å². The van der Waals surface area contributed by atoms with Crippen LogP contribution in [0.25, 0.3) is 0 Å². The van der Waals surface area contributed by atoms with Crippen molar-refractivity contribution in [2.24, 2.45) is 0 Å². The lowest BCUT2D eigenvalue weighted by atomic mass is 9.83. The topological polar surface area (TPSA) is 29.5 Å². The minimum atomic E-state index is -0.165. The molecule has 0 saturated heterocycles. The van der Waals surface area contributed by atoms with E-state index >= 15 is 0 Å². The van der Waals surface area contributed by atoms with Crippen molar-refractivity contribution in [3.05, 3.63) is 63.6 Å². The van der Waals surface area contributed by atoms with E-state index in [1.165, 1.54) is 29.5 Å². The number of carbonyl (C=O) groups excluding carboxylic acids is 1. The standard InChI is InChI=1S/C20H20BrNO2/c1-24-16-5-2-14(3-6-16)11-22-13-20(8-9-20)18-10-15(21)4-7-17(18)19(22)12-23/h2-7,10,12,19H,8-9,11,13H2,1H3. The van der Waals surface area contributed by atoms with Gasteiger partial charge in [0.05, 0.1) is 13.2 Å². The average molecular weight is 386 g/mol. The predicted octanol–water partition coefficient (Wildman–Crippen LogP) is 4.25. The van der Waals surface area contributed by atoms with Gasteiger partial charge in [0.2, 0.25) is 0 Å². The first-order valence-corrected chi connectivity index (χ1v) is 9.07. The number of aldehydes is 1. The molecule has 0 N–H and O–H groups in total. The predicted molar refractivity (Wildman–Crippen MR) is 97.3 cm³/mol. The molecule has 4 heteroatoms. The van der Waals surface area contributed by atoms with E-state index < -0.39 is 0 Å². The monoisotopic (exact) mass is 385 g/mol. The molecule has 1 atom stereocenters. The first-order chi connectivity index (χ1) is 11.6. The number of methoxy groups -OCH3 is 1. The summed E-state index contributed by atoms with van der Waals surface area (Å²) in [5, 5.41) is 0. The third-order valence-electron chi connectivity index (χ3n) is 5.33. The lowest BCUT2D eigenvalue weighted by molar-refractivity contribution is -0.113. The Morgan fingerprint density at radius 2 is 2.00 bits per heavy atom. The van der Waals surface area contributed by atoms with E-state index in [0.29, 0.717) is 0 Å². The van der Waals surface area contributed by atoms with E-state index in [0.717, 1.165) is 29.6 Å². The molecule has 0 amide bonds. The zero-order valence-corrected chi connectivity index (χ0v) is 15.3. The van der Waals surface area contributed by atoms with Gasteiger partial charge < -0.3 is 9.53 Å². The number of nitrogens with zero attached hydrogens (tertiary/aromatic N) is 1. The first kappa shape index (κ1) is 15.9. The number of carbonyl (C=O) groups is 1. The van der Waals surface area contributed by atoms with Crippen molar-refractivity contribution in [3.8, 4) is 5.75 Å². The Kier molecular flexibility index (Phi) is 3.97. The largest absolute Gasteiger partial charge is 0.497 e. The summed E-state index contributed by atoms with van der Waals surface area (Å²) in [5.41, 5.74) is 3.98. The molecule has 0 bridgehead atoms. The maximum Gasteiger partial charge on any atom is 0.141 e. The van der Waals surface area contributed by atoms with Crippen LogP contribution in [0.1, 0.15) is 35.6 Å². The summed E-state index contributed by atoms with van der Waals surface area (Å²) < 4.78 is 6.33. The Morgan fingerprint density at radius 1 is 1.25 bits per heavy atom. The zero-order valence-electron chi connectivity index (χ0n) is 13.7. The maximum absolute atomic E-state index is 11.9. The van der Waals surface area contributed by atoms with Gasteiger partial charge in [-0.05, 0) is 53.8 Å². The van der Waals surface area contributed by atoms with Gasteiger partial charge in [0.1, 0.15) is 12.0 Å². The molecular weight excluding hydrogens is 366 g/mol. The van der Waals surface area contributed by atoms with Crippen LogP contribution in [0.5, 0.6) is 5.75 Å². The first-order valence-electron chi connectivity index (χ1n) is 8.27. The lowest BCUT2D eigenvalue weighted by Gasteiger charge is -2.39. The summed E-state index contributed by atoms with van der Waals surface area (Å²) >= 11 is 3.58. The van der Waals surface area contributed by atoms with Crippen LogP contribution in [0.2, 0.25) is 0 Å². The third-order valence-corrected chi connectivity index (χ3v) is 5.82. The average Bonchev–Trinajstić information content (AvgIpc) is 3.37. The molecule has 2 aliphatic rings. The van der Waals surface area contributed by atoms with E-state index in [1.54, 1.807) is 7.11 Å². The van der Waals surface area contributed by atoms with Crippen molar-refractivity contribution in [2.45, 2.75) is 30.8 Å². The van der Waals surface area contributed by atoms with Gasteiger partial charge in [-0.15, -0.1) is 0 Å². The molecule has 2 aromatic carbocycles. The lowest BCUT2D eigenvalue weighted by Crippen LogP contribution is -2.41. The molecule has 3 nitrogen and oxygen atoms in total. The molecule has 124 valence electrons. The molecule has 1 heterocycles. The Labute approximate surface area is 150 Å². The Bertz CT molecular complexity index is 768. The van der Waals surface area contributed by atoms with Gasteiger partial charge in [0, 0.05) is 23.0 Å². The summed E-state index contributed by atoms with van der Waals surface area (Å²) in [7, 11) is 1.67. The second-order valence-corrected chi connectivity index (χ2v) is 7.76. The number of hydrogen-bond acceptors (Lipinski definition) is 3. The molecule has 4 rings (SSSR count). The van der Waals surface area contributed by atoms with E-state index in [-0.39, 0.29) is 11.5 Å². The highest BCUT2D eigenvalue weighted by atomic mass is 79.9. The fourth-order valence-corrected chi connectivity index (χ4v) is 4.23. The summed E-state index contributed by atoms with van der Waals surface area (Å²) in [6.45, 7) is 1.73. The minimum absolute atomic E-state index is 0.165. The van der Waals surface area contributed by atoms with Gasteiger partial charge in [-0.3, -0.25) is 4.90 Å². The Balaban J connectivity index is 1.66. The van der Waals surface area contributed by atoms with E-state index in [1.807, 2.05) is 18.2 Å². The van der Waals surface area contributed by atoms with Crippen LogP contribution in [0.3, 0.4) is 0 Å². The van der Waals surface area contributed by atoms with Gasteiger partial charge in [0.25, 0.3) is 0 Å². The van der Waals surface area contributed by atoms with Crippen LogP contribution in [-0.4, -0.2) is 24.8 Å². The van der Waals surface area contributed by atoms with Crippen LogP contribution in [0, 0.1) is 0 Å². The van der Waals surface area contributed by atoms with Crippen LogP contribution < -0.4 is 4.74 Å². The molecule has 1 unspecified atom stereocenters. The fourth-order valence-electron chi connectivity index (χ4n) is 3.87. The van der Waals surface area contributed by atoms with Crippen molar-refractivity contribution in [1.29, 1.82) is 0 Å². The quantitative estimate of drug-likeness (QED) is 0.736. The number of halogens is 1. The molecule has 0 radical (unpaired) electrons. The number of rotatable bonds is 4. The maximum atomic E-state index is 11.9. The Hall–Kier alpha value is -1.65. The molecule has 24 heavy (non-hydrogen) atoms. The van der Waals surface area contributed by atoms with Crippen molar-refractivity contribution in [1.82, 2.24) is 4.90 Å². The number of ether oxygens (including phenoxy) is 1. The minimum Gasteiger partial charge on any atom is -0.497 e. The van der Waals surface area contributed by atoms with Gasteiger partial charge in [0.15, 0.2) is 0 Å². The van der Waals surface area contributed by atoms with E-state index in [2.05, 4.69) is 45.1 Å². The van der Waals surface area contributed by atoms with Gasteiger partial charge in [-0.1, -0.05) is 34.1 Å². The molecule has 2 aromatic rings. The fraction of sp³-hybridized carbons (Fsp3) is 0.350. The normalized spacial score (nSPS) is 21.3. The van der Waals surface area contributed by atoms with E-state index in [4.69, 9.17) is 4.74 Å². The molecule has 1 saturated carbocycles. The molecule has 1 spiro atoms. The summed E-state index contributed by atoms with van der Waals surface area (Å²) in [6.07, 6.45) is 3.51. The van der Waals surface area contributed by atoms with Gasteiger partial charge in [-0.25, -0.2) is 0 Å². The zero-order chi connectivity index (χ0) is 16.7. The highest BCUT2D eigenvalue weighted by Crippen LogP contribution is 2.55. The summed E-state index contributed by atoms with van der Waals surface area (Å²) in [4.78, 5) is 14.2. The SMILES string of the molecule is COc1ccc(CN2CC3(CC3)c3cc(Br)ccc3C2C=O)cc1. The summed E-state index contributed by atoms with van der Waals surface area (Å²) in [5.74, 6) is 0.859. The highest BCUT2D eigenvalue weighted by Gasteiger charge is 2.51. The second kappa shape index (κ2) is 6.01. The molecule has 0 aromatic heterocycles. The van der Waals surface area contributed by atoms with E-state index in [9.17, 15) is 4.79 Å². The molecule has 1 fully saturated rings. The smallest absolute Gasteiger partial charge is 0.141 e. The van der Waals surface area contributed by atoms with Crippen LogP contribution in [-0.2, 0) is 16.8 Å². The van der Waals surface area contributed by atoms with Crippen molar-refractivity contribution >= 4 is 22.2 Å². The molecule has 1 aliphatic heterocycles. The number of fused-ring (bicyclic) bond motifs is 2. The van der Waals surface area contributed by atoms with Crippen molar-refractivity contribution in [3.63, 3.8) is 0 Å².